The highest BCUT2D eigenvalue weighted by Crippen LogP contribution is 2.34. The number of carboxylic acid groups (broad SMARTS) is 1. The second-order valence-corrected chi connectivity index (χ2v) is 7.76. The van der Waals surface area contributed by atoms with Crippen LogP contribution in [0.25, 0.3) is 6.08 Å². The third-order valence-electron chi connectivity index (χ3n) is 3.45. The first-order chi connectivity index (χ1) is 11.6. The Hall–Kier alpha value is -1.38. The van der Waals surface area contributed by atoms with Crippen molar-refractivity contribution in [1.29, 1.82) is 0 Å². The first-order valence-corrected chi connectivity index (χ1v) is 9.98. The maximum absolute atomic E-state index is 10.4. The molecule has 1 fully saturated rings. The molecule has 1 saturated heterocycles. The monoisotopic (exact) mass is 419 g/mol. The SMILES string of the molecule is COc1ccc(/C=C2/N[SH](CCCCCCC(=O)O)OO2)c(Br)c1. The van der Waals surface area contributed by atoms with E-state index in [1.165, 1.54) is 0 Å². The summed E-state index contributed by atoms with van der Waals surface area (Å²) in [5.41, 5.74) is 0.965. The lowest BCUT2D eigenvalue weighted by Gasteiger charge is -2.09. The van der Waals surface area contributed by atoms with E-state index in [1.54, 1.807) is 7.11 Å². The van der Waals surface area contributed by atoms with Crippen molar-refractivity contribution in [2.24, 2.45) is 0 Å². The number of hydrogen-bond acceptors (Lipinski definition) is 5. The summed E-state index contributed by atoms with van der Waals surface area (Å²) in [7, 11) is 1.63. The van der Waals surface area contributed by atoms with Gasteiger partial charge in [-0.05, 0) is 48.0 Å². The van der Waals surface area contributed by atoms with Crippen molar-refractivity contribution in [1.82, 2.24) is 4.72 Å². The van der Waals surface area contributed by atoms with E-state index in [0.717, 1.165) is 47.2 Å². The fraction of sp³-hybridized carbons (Fsp3) is 0.438. The molecule has 0 amide bonds. The molecule has 2 N–H and O–H groups in total. The van der Waals surface area contributed by atoms with Crippen LogP contribution in [-0.2, 0) is 14.0 Å². The molecular weight excluding hydrogens is 398 g/mol. The molecule has 0 saturated carbocycles. The fourth-order valence-electron chi connectivity index (χ4n) is 2.17. The summed E-state index contributed by atoms with van der Waals surface area (Å²) in [6.07, 6.45) is 5.77. The molecule has 1 heterocycles. The molecule has 0 spiro atoms. The molecule has 24 heavy (non-hydrogen) atoms. The first kappa shape index (κ1) is 19.0. The molecule has 1 aliphatic rings. The van der Waals surface area contributed by atoms with Gasteiger partial charge >= 0.3 is 5.97 Å². The topological polar surface area (TPSA) is 77.0 Å². The fourth-order valence-corrected chi connectivity index (χ4v) is 3.90. The highest BCUT2D eigenvalue weighted by atomic mass is 79.9. The van der Waals surface area contributed by atoms with Crippen LogP contribution < -0.4 is 9.46 Å². The van der Waals surface area contributed by atoms with Gasteiger partial charge in [0, 0.05) is 22.7 Å². The molecule has 0 aromatic heterocycles. The average Bonchev–Trinajstić information content (AvgIpc) is 3.00. The van der Waals surface area contributed by atoms with Gasteiger partial charge in [0.1, 0.15) is 5.75 Å². The van der Waals surface area contributed by atoms with Crippen molar-refractivity contribution in [3.63, 3.8) is 0 Å². The van der Waals surface area contributed by atoms with Crippen LogP contribution in [0.3, 0.4) is 0 Å². The zero-order chi connectivity index (χ0) is 17.4. The van der Waals surface area contributed by atoms with Gasteiger partial charge in [-0.25, -0.2) is 0 Å². The predicted molar refractivity (Wildman–Crippen MR) is 98.6 cm³/mol. The van der Waals surface area contributed by atoms with Gasteiger partial charge in [0.2, 0.25) is 5.88 Å². The number of nitrogens with one attached hydrogen (secondary N) is 1. The van der Waals surface area contributed by atoms with Crippen LogP contribution in [0.4, 0.5) is 0 Å². The third-order valence-corrected chi connectivity index (χ3v) is 5.58. The van der Waals surface area contributed by atoms with Crippen molar-refractivity contribution in [3.05, 3.63) is 34.1 Å². The molecule has 1 aliphatic heterocycles. The Kier molecular flexibility index (Phi) is 7.74. The van der Waals surface area contributed by atoms with E-state index in [2.05, 4.69) is 20.7 Å². The van der Waals surface area contributed by atoms with Crippen LogP contribution >= 0.6 is 27.3 Å². The van der Waals surface area contributed by atoms with Crippen molar-refractivity contribution in [2.75, 3.05) is 12.9 Å². The number of carbonyl (C=O) groups is 1. The van der Waals surface area contributed by atoms with Crippen LogP contribution in [0.5, 0.6) is 5.75 Å². The standard InChI is InChI=1S/C16H22BrNO5S/c1-21-13-8-7-12(14(17)11-13)10-15-18-24(23-22-15)9-5-3-2-4-6-16(19)20/h7-8,10-11,18,24H,2-6,9H2,1H3,(H,19,20)/b15-10-. The number of halogens is 1. The van der Waals surface area contributed by atoms with Crippen LogP contribution in [0, 0.1) is 0 Å². The number of methoxy groups -OCH3 is 1. The Morgan fingerprint density at radius 1 is 1.38 bits per heavy atom. The van der Waals surface area contributed by atoms with Crippen molar-refractivity contribution < 1.29 is 23.9 Å². The van der Waals surface area contributed by atoms with E-state index < -0.39 is 17.3 Å². The summed E-state index contributed by atoms with van der Waals surface area (Å²) >= 11 is 2.67. The van der Waals surface area contributed by atoms with E-state index in [0.29, 0.717) is 5.88 Å². The maximum Gasteiger partial charge on any atom is 0.303 e. The van der Waals surface area contributed by atoms with E-state index in [1.807, 2.05) is 24.3 Å². The van der Waals surface area contributed by atoms with Gasteiger partial charge < -0.3 is 14.7 Å². The number of unbranched alkanes of at least 4 members (excludes halogenated alkanes) is 3. The van der Waals surface area contributed by atoms with Crippen LogP contribution in [-0.4, -0.2) is 23.9 Å². The minimum Gasteiger partial charge on any atom is -0.497 e. The summed E-state index contributed by atoms with van der Waals surface area (Å²) in [4.78, 5) is 15.7. The van der Waals surface area contributed by atoms with E-state index >= 15 is 0 Å². The second-order valence-electron chi connectivity index (χ2n) is 5.33. The number of ether oxygens (including phenoxy) is 1. The number of benzene rings is 1. The third kappa shape index (κ3) is 6.26. The smallest absolute Gasteiger partial charge is 0.303 e. The van der Waals surface area contributed by atoms with Crippen LogP contribution in [0.15, 0.2) is 28.6 Å². The molecule has 1 atom stereocenters. The van der Waals surface area contributed by atoms with E-state index in [9.17, 15) is 4.79 Å². The van der Waals surface area contributed by atoms with Gasteiger partial charge in [-0.15, -0.1) is 4.33 Å². The zero-order valence-electron chi connectivity index (χ0n) is 13.5. The predicted octanol–water partition coefficient (Wildman–Crippen LogP) is 4.17. The van der Waals surface area contributed by atoms with Gasteiger partial charge in [0.15, 0.2) is 0 Å². The van der Waals surface area contributed by atoms with Gasteiger partial charge in [-0.2, -0.15) is 0 Å². The molecule has 134 valence electrons. The van der Waals surface area contributed by atoms with Crippen LogP contribution in [0.1, 0.15) is 37.7 Å². The summed E-state index contributed by atoms with van der Waals surface area (Å²) < 4.78 is 14.6. The average molecular weight is 420 g/mol. The van der Waals surface area contributed by atoms with E-state index in [-0.39, 0.29) is 6.42 Å². The Bertz CT molecular complexity index is 596. The molecule has 1 aromatic carbocycles. The quantitative estimate of drug-likeness (QED) is 0.316. The number of aliphatic carboxylic acids is 1. The highest BCUT2D eigenvalue weighted by molar-refractivity contribution is 9.10. The molecule has 2 rings (SSSR count). The number of carboxylic acids is 1. The normalized spacial score (nSPS) is 19.8. The van der Waals surface area contributed by atoms with Crippen molar-refractivity contribution in [2.45, 2.75) is 32.1 Å². The molecule has 8 heteroatoms. The lowest BCUT2D eigenvalue weighted by molar-refractivity contribution is -0.137. The summed E-state index contributed by atoms with van der Waals surface area (Å²) in [6.45, 7) is 0. The van der Waals surface area contributed by atoms with Gasteiger partial charge in [-0.3, -0.25) is 9.52 Å². The van der Waals surface area contributed by atoms with Crippen LogP contribution in [0.2, 0.25) is 0 Å². The lowest BCUT2D eigenvalue weighted by Crippen LogP contribution is -2.03. The second kappa shape index (κ2) is 9.80. The largest absolute Gasteiger partial charge is 0.497 e. The minimum atomic E-state index is -0.830. The highest BCUT2D eigenvalue weighted by Gasteiger charge is 2.18. The molecular formula is C16H22BrNO5S. The summed E-state index contributed by atoms with van der Waals surface area (Å²) in [5, 5.41) is 8.58. The zero-order valence-corrected chi connectivity index (χ0v) is 15.9. The van der Waals surface area contributed by atoms with E-state index in [4.69, 9.17) is 19.1 Å². The van der Waals surface area contributed by atoms with Gasteiger partial charge in [0.05, 0.1) is 7.11 Å². The van der Waals surface area contributed by atoms with Gasteiger partial charge in [0.25, 0.3) is 0 Å². The van der Waals surface area contributed by atoms with Crippen molar-refractivity contribution >= 4 is 39.3 Å². The Labute approximate surface area is 152 Å². The summed E-state index contributed by atoms with van der Waals surface area (Å²) in [6, 6.07) is 5.71. The maximum atomic E-state index is 10.4. The molecule has 0 aliphatic carbocycles. The Morgan fingerprint density at radius 3 is 2.88 bits per heavy atom. The van der Waals surface area contributed by atoms with Crippen molar-refractivity contribution in [3.8, 4) is 5.75 Å². The number of hydrogen-bond donors (Lipinski definition) is 3. The molecule has 6 nitrogen and oxygen atoms in total. The molecule has 0 radical (unpaired) electrons. The molecule has 0 bridgehead atoms. The van der Waals surface area contributed by atoms with Gasteiger partial charge in [-0.1, -0.05) is 28.8 Å². The summed E-state index contributed by atoms with van der Waals surface area (Å²) in [5.74, 6) is 1.53. The first-order valence-electron chi connectivity index (χ1n) is 7.74. The lowest BCUT2D eigenvalue weighted by atomic mass is 10.2. The number of rotatable bonds is 9. The Morgan fingerprint density at radius 2 is 2.17 bits per heavy atom. The molecule has 1 aromatic rings. The Balaban J connectivity index is 1.73. The minimum absolute atomic E-state index is 0.246. The molecule has 1 unspecified atom stereocenters. The number of thiol groups is 1.